The summed E-state index contributed by atoms with van der Waals surface area (Å²) in [6.45, 7) is 0. The third-order valence-electron chi connectivity index (χ3n) is 3.99. The van der Waals surface area contributed by atoms with E-state index in [-0.39, 0.29) is 21.4 Å². The third-order valence-corrected chi connectivity index (χ3v) is 6.16. The van der Waals surface area contributed by atoms with Gasteiger partial charge in [0.05, 0.1) is 14.8 Å². The van der Waals surface area contributed by atoms with Gasteiger partial charge in [-0.2, -0.15) is 13.2 Å². The lowest BCUT2D eigenvalue weighted by atomic mass is 10.1. The van der Waals surface area contributed by atoms with Crippen LogP contribution in [0.15, 0.2) is 70.0 Å². The summed E-state index contributed by atoms with van der Waals surface area (Å²) < 4.78 is 73.3. The predicted molar refractivity (Wildman–Crippen MR) is 115 cm³/mol. The maximum absolute atomic E-state index is 13.3. The van der Waals surface area contributed by atoms with Crippen LogP contribution in [0.3, 0.4) is 0 Å². The van der Waals surface area contributed by atoms with Gasteiger partial charge in [-0.15, -0.1) is 0 Å². The van der Waals surface area contributed by atoms with E-state index in [0.29, 0.717) is 10.5 Å². The molecule has 0 aliphatic carbocycles. The average Bonchev–Trinajstić information content (AvgIpc) is 2.68. The molecule has 0 radical (unpaired) electrons. The molecule has 7 nitrogen and oxygen atoms in total. The average molecular weight is 552 g/mol. The van der Waals surface area contributed by atoms with Crippen molar-refractivity contribution < 1.29 is 31.2 Å². The number of alkyl halides is 3. The molecule has 0 saturated heterocycles. The van der Waals surface area contributed by atoms with E-state index in [2.05, 4.69) is 20.7 Å². The lowest BCUT2D eigenvalue weighted by Crippen LogP contribution is -2.13. The molecule has 0 fully saturated rings. The molecule has 3 aromatic rings. The van der Waals surface area contributed by atoms with Crippen LogP contribution in [0.25, 0.3) is 0 Å². The minimum atomic E-state index is -4.94. The van der Waals surface area contributed by atoms with Crippen molar-refractivity contribution in [1.29, 1.82) is 0 Å². The van der Waals surface area contributed by atoms with Crippen LogP contribution >= 0.6 is 27.5 Å². The molecule has 0 atom stereocenters. The van der Waals surface area contributed by atoms with Gasteiger partial charge in [0, 0.05) is 22.3 Å². The van der Waals surface area contributed by atoms with E-state index in [1.165, 1.54) is 12.1 Å². The van der Waals surface area contributed by atoms with Crippen LogP contribution in [0.5, 0.6) is 11.5 Å². The maximum Gasteiger partial charge on any atom is 0.420 e. The Balaban J connectivity index is 1.91. The van der Waals surface area contributed by atoms with Crippen molar-refractivity contribution in [2.24, 2.45) is 0 Å². The topological polar surface area (TPSA) is 98.5 Å². The minimum absolute atomic E-state index is 0.255. The van der Waals surface area contributed by atoms with E-state index in [4.69, 9.17) is 16.3 Å². The van der Waals surface area contributed by atoms with E-state index >= 15 is 0 Å². The summed E-state index contributed by atoms with van der Waals surface area (Å²) in [6.07, 6.45) is -4.94. The van der Waals surface area contributed by atoms with Crippen LogP contribution in [0.4, 0.5) is 24.5 Å². The highest BCUT2D eigenvalue weighted by Gasteiger charge is 2.36. The van der Waals surface area contributed by atoms with Crippen LogP contribution in [0.2, 0.25) is 5.02 Å². The Labute approximate surface area is 193 Å². The Hall–Kier alpha value is -2.83. The van der Waals surface area contributed by atoms with Gasteiger partial charge in [0.25, 0.3) is 15.7 Å². The highest BCUT2D eigenvalue weighted by atomic mass is 79.9. The Morgan fingerprint density at radius 2 is 1.72 bits per heavy atom. The van der Waals surface area contributed by atoms with Crippen LogP contribution in [-0.4, -0.2) is 13.3 Å². The maximum atomic E-state index is 13.3. The number of hydrogen-bond donors (Lipinski definition) is 1. The Bertz CT molecular complexity index is 1300. The highest BCUT2D eigenvalue weighted by molar-refractivity contribution is 9.10. The van der Waals surface area contributed by atoms with Crippen molar-refractivity contribution in [1.82, 2.24) is 0 Å². The summed E-state index contributed by atoms with van der Waals surface area (Å²) in [4.78, 5) is 9.57. The Kier molecular flexibility index (Phi) is 6.67. The molecule has 0 bridgehead atoms. The quantitative estimate of drug-likeness (QED) is 0.274. The number of nitro groups is 1. The standard InChI is InChI=1S/C19H11BrClF3N2O5S/c20-11-2-1-3-12(8-11)25-32(29,30)14-5-7-18(16(21)10-14)31-17-6-4-13(26(27)28)9-15(17)19(22,23)24/h1-10,25H. The fraction of sp³-hybridized carbons (Fsp3) is 0.0526. The van der Waals surface area contributed by atoms with Gasteiger partial charge in [-0.3, -0.25) is 14.8 Å². The van der Waals surface area contributed by atoms with E-state index in [9.17, 15) is 31.7 Å². The van der Waals surface area contributed by atoms with E-state index in [0.717, 1.165) is 30.3 Å². The van der Waals surface area contributed by atoms with Crippen LogP contribution in [-0.2, 0) is 16.2 Å². The molecule has 0 unspecified atom stereocenters. The van der Waals surface area contributed by atoms with Crippen molar-refractivity contribution in [3.05, 3.63) is 85.8 Å². The molecule has 13 heteroatoms. The number of non-ortho nitro benzene ring substituents is 1. The summed E-state index contributed by atoms with van der Waals surface area (Å²) in [7, 11) is -4.05. The van der Waals surface area contributed by atoms with E-state index < -0.39 is 38.1 Å². The first kappa shape index (κ1) is 23.8. The molecule has 0 aliphatic rings. The highest BCUT2D eigenvalue weighted by Crippen LogP contribution is 2.41. The summed E-state index contributed by atoms with van der Waals surface area (Å²) in [6, 6.07) is 11.5. The summed E-state index contributed by atoms with van der Waals surface area (Å²) >= 11 is 9.27. The van der Waals surface area contributed by atoms with Crippen LogP contribution in [0.1, 0.15) is 5.56 Å². The smallest absolute Gasteiger partial charge is 0.420 e. The third kappa shape index (κ3) is 5.50. The number of hydrogen-bond acceptors (Lipinski definition) is 5. The first-order valence-electron chi connectivity index (χ1n) is 8.48. The Morgan fingerprint density at radius 1 is 1.03 bits per heavy atom. The van der Waals surface area contributed by atoms with Crippen LogP contribution in [0, 0.1) is 10.1 Å². The van der Waals surface area contributed by atoms with Crippen molar-refractivity contribution in [2.75, 3.05) is 4.72 Å². The lowest BCUT2D eigenvalue weighted by molar-refractivity contribution is -0.385. The molecular formula is C19H11BrClF3N2O5S. The van der Waals surface area contributed by atoms with Gasteiger partial charge in [0.1, 0.15) is 17.1 Å². The van der Waals surface area contributed by atoms with Gasteiger partial charge in [-0.1, -0.05) is 33.6 Å². The largest absolute Gasteiger partial charge is 0.455 e. The second-order valence-corrected chi connectivity index (χ2v) is 9.25. The normalized spacial score (nSPS) is 11.8. The predicted octanol–water partition coefficient (Wildman–Crippen LogP) is 6.62. The summed E-state index contributed by atoms with van der Waals surface area (Å²) in [5.74, 6) is -1.000. The number of rotatable bonds is 6. The van der Waals surface area contributed by atoms with Gasteiger partial charge in [0.15, 0.2) is 0 Å². The Morgan fingerprint density at radius 3 is 2.31 bits per heavy atom. The second-order valence-electron chi connectivity index (χ2n) is 6.25. The van der Waals surface area contributed by atoms with E-state index in [1.807, 2.05) is 0 Å². The molecule has 0 spiro atoms. The zero-order chi connectivity index (χ0) is 23.7. The molecule has 168 valence electrons. The van der Waals surface area contributed by atoms with Gasteiger partial charge in [-0.05, 0) is 42.5 Å². The molecule has 32 heavy (non-hydrogen) atoms. The number of nitrogens with one attached hydrogen (secondary N) is 1. The molecule has 0 saturated carbocycles. The van der Waals surface area contributed by atoms with Crippen LogP contribution < -0.4 is 9.46 Å². The van der Waals surface area contributed by atoms with Crippen molar-refractivity contribution in [3.63, 3.8) is 0 Å². The van der Waals surface area contributed by atoms with Gasteiger partial charge < -0.3 is 4.74 Å². The van der Waals surface area contributed by atoms with Gasteiger partial charge in [0.2, 0.25) is 0 Å². The molecule has 1 N–H and O–H groups in total. The van der Waals surface area contributed by atoms with Crippen molar-refractivity contribution in [2.45, 2.75) is 11.1 Å². The number of sulfonamides is 1. The number of anilines is 1. The van der Waals surface area contributed by atoms with Gasteiger partial charge >= 0.3 is 6.18 Å². The number of nitro benzene ring substituents is 1. The first-order valence-corrected chi connectivity index (χ1v) is 11.1. The number of ether oxygens (including phenoxy) is 1. The lowest BCUT2D eigenvalue weighted by Gasteiger charge is -2.15. The molecular weight excluding hydrogens is 541 g/mol. The summed E-state index contributed by atoms with van der Waals surface area (Å²) in [5.41, 5.74) is -1.87. The zero-order valence-corrected chi connectivity index (χ0v) is 18.7. The molecule has 0 aliphatic heterocycles. The fourth-order valence-electron chi connectivity index (χ4n) is 2.56. The minimum Gasteiger partial charge on any atom is -0.455 e. The number of benzene rings is 3. The first-order chi connectivity index (χ1) is 14.9. The molecule has 0 amide bonds. The number of nitrogens with zero attached hydrogens (tertiary/aromatic N) is 1. The summed E-state index contributed by atoms with van der Waals surface area (Å²) in [5, 5.41) is 10.5. The molecule has 3 rings (SSSR count). The molecule has 0 aromatic heterocycles. The fourth-order valence-corrected chi connectivity index (χ4v) is 4.32. The van der Waals surface area contributed by atoms with Crippen molar-refractivity contribution in [3.8, 4) is 11.5 Å². The van der Waals surface area contributed by atoms with Crippen molar-refractivity contribution >= 4 is 48.9 Å². The number of halogens is 5. The monoisotopic (exact) mass is 550 g/mol. The zero-order valence-electron chi connectivity index (χ0n) is 15.6. The van der Waals surface area contributed by atoms with Gasteiger partial charge in [-0.25, -0.2) is 8.42 Å². The molecule has 0 heterocycles. The SMILES string of the molecule is O=[N+]([O-])c1ccc(Oc2ccc(S(=O)(=O)Nc3cccc(Br)c3)cc2Cl)c(C(F)(F)F)c1. The second kappa shape index (κ2) is 8.96. The van der Waals surface area contributed by atoms with E-state index in [1.54, 1.807) is 12.1 Å². The molecule has 3 aromatic carbocycles.